The van der Waals surface area contributed by atoms with Gasteiger partial charge in [-0.3, -0.25) is 10.2 Å². The van der Waals surface area contributed by atoms with Crippen molar-refractivity contribution in [1.29, 1.82) is 5.41 Å². The van der Waals surface area contributed by atoms with Crippen molar-refractivity contribution in [1.82, 2.24) is 20.9 Å². The van der Waals surface area contributed by atoms with Crippen LogP contribution in [0.15, 0.2) is 73.2 Å². The van der Waals surface area contributed by atoms with Gasteiger partial charge in [0.25, 0.3) is 0 Å². The predicted octanol–water partition coefficient (Wildman–Crippen LogP) is 3.35. The van der Waals surface area contributed by atoms with Gasteiger partial charge in [-0.15, -0.1) is 0 Å². The molecule has 0 bridgehead atoms. The summed E-state index contributed by atoms with van der Waals surface area (Å²) < 4.78 is 0. The highest BCUT2D eigenvalue weighted by molar-refractivity contribution is 5.96. The summed E-state index contributed by atoms with van der Waals surface area (Å²) in [5.74, 6) is 0.557. The number of carbonyl (C=O) groups is 1. The zero-order chi connectivity index (χ0) is 22.9. The molecule has 0 fully saturated rings. The first-order valence-electron chi connectivity index (χ1n) is 10.8. The molecule has 0 heterocycles. The fourth-order valence-electron chi connectivity index (χ4n) is 3.01. The van der Waals surface area contributed by atoms with Crippen molar-refractivity contribution in [2.75, 3.05) is 33.2 Å². The lowest BCUT2D eigenvalue weighted by Crippen LogP contribution is -2.37. The molecular formula is C25H37N5O. The normalized spacial score (nSPS) is 11.5. The number of amidine groups is 1. The summed E-state index contributed by atoms with van der Waals surface area (Å²) in [6.07, 6.45) is 10.4. The third-order valence-corrected chi connectivity index (χ3v) is 4.77. The minimum absolute atomic E-state index is 0.459. The molecule has 0 saturated heterocycles. The molecule has 0 amide bonds. The maximum atomic E-state index is 11.0. The van der Waals surface area contributed by atoms with E-state index in [0.29, 0.717) is 17.1 Å². The van der Waals surface area contributed by atoms with Crippen LogP contribution in [0.2, 0.25) is 0 Å². The van der Waals surface area contributed by atoms with Gasteiger partial charge >= 0.3 is 0 Å². The van der Waals surface area contributed by atoms with E-state index in [4.69, 9.17) is 5.41 Å². The highest BCUT2D eigenvalue weighted by atomic mass is 16.1. The number of carbonyl (C=O) groups excluding carboxylic acids is 1. The summed E-state index contributed by atoms with van der Waals surface area (Å²) in [7, 11) is 1.93. The van der Waals surface area contributed by atoms with E-state index in [1.54, 1.807) is 18.5 Å². The summed E-state index contributed by atoms with van der Waals surface area (Å²) >= 11 is 0. The molecule has 0 saturated carbocycles. The van der Waals surface area contributed by atoms with Crippen molar-refractivity contribution < 1.29 is 4.79 Å². The zero-order valence-electron chi connectivity index (χ0n) is 18.9. The number of aryl methyl sites for hydroxylation is 1. The largest absolute Gasteiger partial charge is 0.390 e. The second kappa shape index (κ2) is 15.7. The maximum Gasteiger partial charge on any atom is 0.152 e. The van der Waals surface area contributed by atoms with Crippen LogP contribution in [0.3, 0.4) is 0 Å². The lowest BCUT2D eigenvalue weighted by Gasteiger charge is -2.25. The van der Waals surface area contributed by atoms with E-state index in [-0.39, 0.29) is 0 Å². The standard InChI is InChI=1S/C25H37N5O/c1-5-9-21-10-12-23(13-11-21)25(26)30(19-17-27-4)18-8-14-28-15-16-29-24(7-3)22(6-2)20-31/h6-7,10-13,15-16,20,26-29H,2-3,5,8-9,14,17-19H2,1,4H3/b16-15?,24-22-,26-25?. The van der Waals surface area contributed by atoms with Gasteiger partial charge in [-0.2, -0.15) is 0 Å². The molecule has 0 atom stereocenters. The average molecular weight is 424 g/mol. The van der Waals surface area contributed by atoms with Gasteiger partial charge in [0.1, 0.15) is 5.84 Å². The molecule has 0 aliphatic heterocycles. The molecule has 0 radical (unpaired) electrons. The smallest absolute Gasteiger partial charge is 0.152 e. The van der Waals surface area contributed by atoms with Gasteiger partial charge in [0, 0.05) is 55.4 Å². The van der Waals surface area contributed by atoms with Gasteiger partial charge in [0.05, 0.1) is 0 Å². The lowest BCUT2D eigenvalue weighted by atomic mass is 10.1. The van der Waals surface area contributed by atoms with Crippen LogP contribution in [0, 0.1) is 5.41 Å². The summed E-state index contributed by atoms with van der Waals surface area (Å²) in [5, 5.41) is 18.0. The van der Waals surface area contributed by atoms with Crippen molar-refractivity contribution >= 4 is 12.1 Å². The number of hydrogen-bond acceptors (Lipinski definition) is 5. The first-order valence-corrected chi connectivity index (χ1v) is 10.8. The average Bonchev–Trinajstić information content (AvgIpc) is 2.80. The Bertz CT molecular complexity index is 755. The molecule has 6 heteroatoms. The molecule has 6 nitrogen and oxygen atoms in total. The van der Waals surface area contributed by atoms with Crippen LogP contribution >= 0.6 is 0 Å². The number of nitrogens with zero attached hydrogens (tertiary/aromatic N) is 1. The molecule has 1 aromatic carbocycles. The van der Waals surface area contributed by atoms with Crippen LogP contribution in [0.25, 0.3) is 0 Å². The number of nitrogens with one attached hydrogen (secondary N) is 4. The number of likely N-dealkylation sites (N-methyl/N-ethyl adjacent to an activating group) is 1. The van der Waals surface area contributed by atoms with Gasteiger partial charge < -0.3 is 20.9 Å². The minimum Gasteiger partial charge on any atom is -0.390 e. The van der Waals surface area contributed by atoms with E-state index in [0.717, 1.165) is 57.3 Å². The molecule has 0 unspecified atom stereocenters. The lowest BCUT2D eigenvalue weighted by molar-refractivity contribution is -0.104. The van der Waals surface area contributed by atoms with Crippen molar-refractivity contribution in [2.45, 2.75) is 26.2 Å². The van der Waals surface area contributed by atoms with E-state index < -0.39 is 0 Å². The summed E-state index contributed by atoms with van der Waals surface area (Å²) in [6, 6.07) is 8.34. The Morgan fingerprint density at radius 2 is 1.84 bits per heavy atom. The van der Waals surface area contributed by atoms with E-state index in [1.807, 2.05) is 19.2 Å². The maximum absolute atomic E-state index is 11.0. The van der Waals surface area contributed by atoms with Gasteiger partial charge in [-0.05, 0) is 31.5 Å². The molecule has 0 spiro atoms. The Labute approximate surface area is 187 Å². The van der Waals surface area contributed by atoms with Crippen molar-refractivity contribution in [3.05, 3.63) is 84.4 Å². The second-order valence-corrected chi connectivity index (χ2v) is 7.07. The van der Waals surface area contributed by atoms with Crippen LogP contribution < -0.4 is 16.0 Å². The Balaban J connectivity index is 2.54. The topological polar surface area (TPSA) is 80.2 Å². The van der Waals surface area contributed by atoms with Gasteiger partial charge in [0.15, 0.2) is 6.29 Å². The Hall–Kier alpha value is -3.12. The Morgan fingerprint density at radius 1 is 1.10 bits per heavy atom. The summed E-state index contributed by atoms with van der Waals surface area (Å²) in [5.41, 5.74) is 3.33. The first-order chi connectivity index (χ1) is 15.1. The molecule has 4 N–H and O–H groups in total. The third-order valence-electron chi connectivity index (χ3n) is 4.77. The number of hydrogen-bond donors (Lipinski definition) is 4. The molecule has 0 aromatic heterocycles. The predicted molar refractivity (Wildman–Crippen MR) is 131 cm³/mol. The van der Waals surface area contributed by atoms with Gasteiger partial charge in [-0.25, -0.2) is 0 Å². The summed E-state index contributed by atoms with van der Waals surface area (Å²) in [6.45, 7) is 12.6. The molecule has 0 aliphatic rings. The van der Waals surface area contributed by atoms with E-state index in [2.05, 4.69) is 53.1 Å². The molecular weight excluding hydrogens is 386 g/mol. The van der Waals surface area contributed by atoms with Crippen LogP contribution in [-0.2, 0) is 11.2 Å². The second-order valence-electron chi connectivity index (χ2n) is 7.07. The van der Waals surface area contributed by atoms with Gasteiger partial charge in [-0.1, -0.05) is 56.8 Å². The first kappa shape index (κ1) is 25.9. The number of benzene rings is 1. The molecule has 1 rings (SSSR count). The van der Waals surface area contributed by atoms with Crippen LogP contribution in [-0.4, -0.2) is 50.2 Å². The molecule has 168 valence electrons. The van der Waals surface area contributed by atoms with Crippen molar-refractivity contribution in [2.24, 2.45) is 0 Å². The summed E-state index contributed by atoms with van der Waals surface area (Å²) in [4.78, 5) is 13.1. The highest BCUT2D eigenvalue weighted by Gasteiger charge is 2.11. The molecule has 0 aliphatic carbocycles. The Morgan fingerprint density at radius 3 is 2.42 bits per heavy atom. The van der Waals surface area contributed by atoms with E-state index >= 15 is 0 Å². The van der Waals surface area contributed by atoms with Crippen LogP contribution in [0.1, 0.15) is 30.9 Å². The number of allylic oxidation sites excluding steroid dienone is 3. The zero-order valence-corrected chi connectivity index (χ0v) is 18.9. The minimum atomic E-state index is 0.459. The quantitative estimate of drug-likeness (QED) is 0.0819. The Kier molecular flexibility index (Phi) is 13.1. The van der Waals surface area contributed by atoms with Crippen LogP contribution in [0.5, 0.6) is 0 Å². The van der Waals surface area contributed by atoms with Gasteiger partial charge in [0.2, 0.25) is 0 Å². The van der Waals surface area contributed by atoms with E-state index in [9.17, 15) is 4.79 Å². The monoisotopic (exact) mass is 423 g/mol. The van der Waals surface area contributed by atoms with Crippen LogP contribution in [0.4, 0.5) is 0 Å². The fourth-order valence-corrected chi connectivity index (χ4v) is 3.01. The molecule has 1 aromatic rings. The molecule has 31 heavy (non-hydrogen) atoms. The number of rotatable bonds is 16. The fraction of sp³-hybridized carbons (Fsp3) is 0.360. The van der Waals surface area contributed by atoms with Crippen molar-refractivity contribution in [3.8, 4) is 0 Å². The third kappa shape index (κ3) is 9.49. The van der Waals surface area contributed by atoms with E-state index in [1.165, 1.54) is 11.6 Å². The SMILES string of the molecule is C=C/C(C=O)=C(\C=C)NC=CNCCCN(CCNC)C(=N)c1ccc(CCC)cc1. The number of aldehydes is 1. The van der Waals surface area contributed by atoms with Crippen molar-refractivity contribution in [3.63, 3.8) is 0 Å². The highest BCUT2D eigenvalue weighted by Crippen LogP contribution is 2.10.